The molecule has 0 atom stereocenters. The summed E-state index contributed by atoms with van der Waals surface area (Å²) in [6.45, 7) is 3.62. The molecule has 1 aromatic heterocycles. The molecule has 0 bridgehead atoms. The number of anilines is 2. The van der Waals surface area contributed by atoms with Crippen LogP contribution in [0.4, 0.5) is 11.5 Å². The summed E-state index contributed by atoms with van der Waals surface area (Å²) in [5.74, 6) is 0.877. The molecule has 0 saturated carbocycles. The maximum absolute atomic E-state index is 12.3. The average molecular weight is 351 g/mol. The highest BCUT2D eigenvalue weighted by atomic mass is 32.2. The van der Waals surface area contributed by atoms with Gasteiger partial charge in [0, 0.05) is 13.7 Å². The molecule has 0 aliphatic carbocycles. The number of hydrogen-bond donors (Lipinski definition) is 2. The highest BCUT2D eigenvalue weighted by Gasteiger charge is 2.14. The lowest BCUT2D eigenvalue weighted by atomic mass is 10.3. The second-order valence-electron chi connectivity index (χ2n) is 4.86. The molecule has 0 radical (unpaired) electrons. The fraction of sp³-hybridized carbons (Fsp3) is 0.312. The Morgan fingerprint density at radius 1 is 1.12 bits per heavy atom. The third-order valence-electron chi connectivity index (χ3n) is 3.08. The van der Waals surface area contributed by atoms with Crippen LogP contribution >= 0.6 is 0 Å². The quantitative estimate of drug-likeness (QED) is 0.674. The summed E-state index contributed by atoms with van der Waals surface area (Å²) in [6, 6.07) is 9.57. The van der Waals surface area contributed by atoms with Gasteiger partial charge >= 0.3 is 0 Å². The molecule has 0 spiro atoms. The minimum absolute atomic E-state index is 0.148. The smallest absolute Gasteiger partial charge is 0.263 e. The number of aromatic nitrogens is 1. The van der Waals surface area contributed by atoms with Crippen LogP contribution in [0.2, 0.25) is 0 Å². The Hall–Kier alpha value is -2.32. The van der Waals surface area contributed by atoms with Gasteiger partial charge < -0.3 is 14.8 Å². The maximum atomic E-state index is 12.3. The number of hydrogen-bond acceptors (Lipinski definition) is 6. The zero-order chi connectivity index (χ0) is 17.4. The van der Waals surface area contributed by atoms with Gasteiger partial charge in [0.25, 0.3) is 10.0 Å². The van der Waals surface area contributed by atoms with Crippen LogP contribution in [-0.4, -0.2) is 40.3 Å². The molecule has 24 heavy (non-hydrogen) atoms. The normalized spacial score (nSPS) is 11.1. The van der Waals surface area contributed by atoms with Gasteiger partial charge in [-0.1, -0.05) is 0 Å². The van der Waals surface area contributed by atoms with Crippen LogP contribution in [0, 0.1) is 0 Å². The molecule has 8 heteroatoms. The summed E-state index contributed by atoms with van der Waals surface area (Å²) < 4.78 is 37.4. The summed E-state index contributed by atoms with van der Waals surface area (Å²) in [6.07, 6.45) is 1.56. The van der Waals surface area contributed by atoms with Gasteiger partial charge in [0.1, 0.15) is 11.6 Å². The van der Waals surface area contributed by atoms with Crippen molar-refractivity contribution in [3.63, 3.8) is 0 Å². The van der Waals surface area contributed by atoms with Gasteiger partial charge in [-0.2, -0.15) is 0 Å². The molecular weight excluding hydrogens is 330 g/mol. The fourth-order valence-corrected chi connectivity index (χ4v) is 2.94. The standard InChI is InChI=1S/C16H21N3O4S/c1-3-23-14-5-7-15(8-6-14)24(20,21)19-16-9-4-13(12-18-16)17-10-11-22-2/h4-9,12,17H,3,10-11H2,1-2H3,(H,18,19). The lowest BCUT2D eigenvalue weighted by Crippen LogP contribution is -2.14. The fourth-order valence-electron chi connectivity index (χ4n) is 1.93. The van der Waals surface area contributed by atoms with E-state index in [1.165, 1.54) is 12.1 Å². The van der Waals surface area contributed by atoms with Gasteiger partial charge in [-0.3, -0.25) is 4.72 Å². The van der Waals surface area contributed by atoms with Crippen LogP contribution in [0.5, 0.6) is 5.75 Å². The van der Waals surface area contributed by atoms with E-state index >= 15 is 0 Å². The van der Waals surface area contributed by atoms with Crippen molar-refractivity contribution in [3.8, 4) is 5.75 Å². The Labute approximate surface area is 142 Å². The lowest BCUT2D eigenvalue weighted by molar-refractivity contribution is 0.211. The molecular formula is C16H21N3O4S. The Morgan fingerprint density at radius 3 is 2.46 bits per heavy atom. The lowest BCUT2D eigenvalue weighted by Gasteiger charge is -2.10. The Kier molecular flexibility index (Phi) is 6.39. The van der Waals surface area contributed by atoms with E-state index in [1.807, 2.05) is 6.92 Å². The molecule has 0 aliphatic heterocycles. The minimum atomic E-state index is -3.69. The first-order chi connectivity index (χ1) is 11.5. The van der Waals surface area contributed by atoms with Crippen LogP contribution in [0.1, 0.15) is 6.92 Å². The Balaban J connectivity index is 2.03. The molecule has 0 saturated heterocycles. The van der Waals surface area contributed by atoms with Crippen LogP contribution < -0.4 is 14.8 Å². The predicted octanol–water partition coefficient (Wildman–Crippen LogP) is 2.34. The number of nitrogens with zero attached hydrogens (tertiary/aromatic N) is 1. The summed E-state index contributed by atoms with van der Waals surface area (Å²) in [5.41, 5.74) is 0.788. The van der Waals surface area contributed by atoms with E-state index in [4.69, 9.17) is 9.47 Å². The SMILES string of the molecule is CCOc1ccc(S(=O)(=O)Nc2ccc(NCCOC)cn2)cc1. The molecule has 2 aromatic rings. The zero-order valence-electron chi connectivity index (χ0n) is 13.7. The molecule has 0 fully saturated rings. The van der Waals surface area contributed by atoms with Crippen LogP contribution in [0.15, 0.2) is 47.5 Å². The summed E-state index contributed by atoms with van der Waals surface area (Å²) in [4.78, 5) is 4.25. The molecule has 1 heterocycles. The minimum Gasteiger partial charge on any atom is -0.494 e. The summed E-state index contributed by atoms with van der Waals surface area (Å²) >= 11 is 0. The second kappa shape index (κ2) is 8.51. The van der Waals surface area contributed by atoms with Gasteiger partial charge in [0.2, 0.25) is 0 Å². The Bertz CT molecular complexity index is 731. The molecule has 7 nitrogen and oxygen atoms in total. The van der Waals surface area contributed by atoms with Crippen molar-refractivity contribution in [1.29, 1.82) is 0 Å². The van der Waals surface area contributed by atoms with Crippen molar-refractivity contribution in [2.75, 3.05) is 36.9 Å². The van der Waals surface area contributed by atoms with Crippen molar-refractivity contribution in [1.82, 2.24) is 4.98 Å². The van der Waals surface area contributed by atoms with Crippen molar-refractivity contribution in [2.45, 2.75) is 11.8 Å². The first-order valence-electron chi connectivity index (χ1n) is 7.49. The Morgan fingerprint density at radius 2 is 1.88 bits per heavy atom. The first kappa shape index (κ1) is 18.0. The zero-order valence-corrected chi connectivity index (χ0v) is 14.5. The molecule has 0 aliphatic rings. The molecule has 2 rings (SSSR count). The third-order valence-corrected chi connectivity index (χ3v) is 4.45. The predicted molar refractivity (Wildman–Crippen MR) is 93.0 cm³/mol. The number of benzene rings is 1. The van der Waals surface area contributed by atoms with Crippen LogP contribution in [0.25, 0.3) is 0 Å². The van der Waals surface area contributed by atoms with E-state index in [0.29, 0.717) is 25.5 Å². The van der Waals surface area contributed by atoms with E-state index < -0.39 is 10.0 Å². The van der Waals surface area contributed by atoms with Gasteiger partial charge in [-0.05, 0) is 43.3 Å². The topological polar surface area (TPSA) is 89.6 Å². The monoisotopic (exact) mass is 351 g/mol. The van der Waals surface area contributed by atoms with E-state index in [9.17, 15) is 8.42 Å². The van der Waals surface area contributed by atoms with Gasteiger partial charge in [-0.25, -0.2) is 13.4 Å². The number of methoxy groups -OCH3 is 1. The summed E-state index contributed by atoms with van der Waals surface area (Å²) in [5, 5.41) is 3.11. The third kappa shape index (κ3) is 5.10. The van der Waals surface area contributed by atoms with Gasteiger partial charge in [0.05, 0.1) is 30.0 Å². The van der Waals surface area contributed by atoms with E-state index in [1.54, 1.807) is 37.6 Å². The van der Waals surface area contributed by atoms with Crippen LogP contribution in [0.3, 0.4) is 0 Å². The number of pyridine rings is 1. The van der Waals surface area contributed by atoms with Crippen molar-refractivity contribution in [3.05, 3.63) is 42.6 Å². The van der Waals surface area contributed by atoms with Crippen LogP contribution in [-0.2, 0) is 14.8 Å². The van der Waals surface area contributed by atoms with Gasteiger partial charge in [-0.15, -0.1) is 0 Å². The van der Waals surface area contributed by atoms with Gasteiger partial charge in [0.15, 0.2) is 0 Å². The first-order valence-corrected chi connectivity index (χ1v) is 8.98. The average Bonchev–Trinajstić information content (AvgIpc) is 2.57. The maximum Gasteiger partial charge on any atom is 0.263 e. The largest absolute Gasteiger partial charge is 0.494 e. The summed E-state index contributed by atoms with van der Waals surface area (Å²) in [7, 11) is -2.06. The number of ether oxygens (including phenoxy) is 2. The second-order valence-corrected chi connectivity index (χ2v) is 6.54. The highest BCUT2D eigenvalue weighted by Crippen LogP contribution is 2.19. The van der Waals surface area contributed by atoms with Crippen molar-refractivity contribution < 1.29 is 17.9 Å². The number of rotatable bonds is 9. The molecule has 130 valence electrons. The number of sulfonamides is 1. The molecule has 1 aromatic carbocycles. The highest BCUT2D eigenvalue weighted by molar-refractivity contribution is 7.92. The van der Waals surface area contributed by atoms with E-state index in [-0.39, 0.29) is 10.7 Å². The molecule has 0 unspecified atom stereocenters. The van der Waals surface area contributed by atoms with Crippen molar-refractivity contribution in [2.24, 2.45) is 0 Å². The van der Waals surface area contributed by atoms with E-state index in [2.05, 4.69) is 15.0 Å². The molecule has 0 amide bonds. The number of nitrogens with one attached hydrogen (secondary N) is 2. The molecule has 2 N–H and O–H groups in total. The van der Waals surface area contributed by atoms with E-state index in [0.717, 1.165) is 5.69 Å². The van der Waals surface area contributed by atoms with Crippen molar-refractivity contribution >= 4 is 21.5 Å².